The van der Waals surface area contributed by atoms with E-state index >= 15 is 0 Å². The van der Waals surface area contributed by atoms with Crippen LogP contribution in [0.25, 0.3) is 64.0 Å². The Morgan fingerprint density at radius 3 is 1.20 bits per heavy atom. The quantitative estimate of drug-likeness (QED) is 0.164. The van der Waals surface area contributed by atoms with Crippen LogP contribution in [-0.4, -0.2) is 6.71 Å². The Balaban J connectivity index is 1.17. The van der Waals surface area contributed by atoms with E-state index in [0.29, 0.717) is 0 Å². The van der Waals surface area contributed by atoms with Crippen molar-refractivity contribution in [2.24, 2.45) is 0 Å². The number of anilines is 6. The van der Waals surface area contributed by atoms with Gasteiger partial charge in [-0.1, -0.05) is 127 Å². The molecule has 0 saturated heterocycles. The maximum Gasteiger partial charge on any atom is 0.252 e. The molecule has 0 N–H and O–H groups in total. The predicted molar refractivity (Wildman–Crippen MR) is 257 cm³/mol. The number of hydrogen-bond donors (Lipinski definition) is 0. The van der Waals surface area contributed by atoms with Crippen LogP contribution in [0.3, 0.4) is 0 Å². The summed E-state index contributed by atoms with van der Waals surface area (Å²) in [6.45, 7) is 0.00389. The van der Waals surface area contributed by atoms with Crippen LogP contribution < -0.4 is 26.2 Å². The molecule has 59 heavy (non-hydrogen) atoms. The molecule has 0 saturated carbocycles. The van der Waals surface area contributed by atoms with E-state index in [0.717, 1.165) is 0 Å². The minimum atomic E-state index is 0.00389. The largest absolute Gasteiger partial charge is 0.311 e. The zero-order valence-electron chi connectivity index (χ0n) is 31.8. The van der Waals surface area contributed by atoms with E-state index in [1.54, 1.807) is 0 Å². The molecule has 0 spiro atoms. The van der Waals surface area contributed by atoms with Crippen LogP contribution >= 0.6 is 22.7 Å². The van der Waals surface area contributed by atoms with Crippen molar-refractivity contribution < 1.29 is 0 Å². The van der Waals surface area contributed by atoms with Gasteiger partial charge in [-0.3, -0.25) is 0 Å². The molecule has 2 nitrogen and oxygen atoms in total. The summed E-state index contributed by atoms with van der Waals surface area (Å²) in [5.74, 6) is 0. The first kappa shape index (κ1) is 33.1. The Bertz CT molecular complexity index is 3250. The van der Waals surface area contributed by atoms with E-state index < -0.39 is 0 Å². The smallest absolute Gasteiger partial charge is 0.252 e. The fourth-order valence-corrected chi connectivity index (χ4v) is 11.5. The minimum absolute atomic E-state index is 0.00389. The van der Waals surface area contributed by atoms with E-state index in [-0.39, 0.29) is 6.71 Å². The van der Waals surface area contributed by atoms with Gasteiger partial charge in [0, 0.05) is 43.3 Å². The highest BCUT2D eigenvalue weighted by Gasteiger charge is 2.44. The first-order valence-electron chi connectivity index (χ1n) is 20.2. The van der Waals surface area contributed by atoms with Crippen molar-refractivity contribution in [1.29, 1.82) is 0 Å². The van der Waals surface area contributed by atoms with Crippen LogP contribution in [0.1, 0.15) is 0 Å². The monoisotopic (exact) mass is 784 g/mol. The van der Waals surface area contributed by atoms with E-state index in [1.165, 1.54) is 114 Å². The van der Waals surface area contributed by atoms with Crippen LogP contribution in [0, 0.1) is 0 Å². The molecule has 0 radical (unpaired) electrons. The first-order chi connectivity index (χ1) is 29.2. The standard InChI is InChI=1S/C54H33BN2S2/c1-3-12-34(13-4-1)42-26-40-22-24-58-52(40)32-48(42)56-46-20-11-21-47-54(46)55(44-28-36-16-7-9-18-38(36)30-50(44)56)45-29-37-17-8-10-19-39(37)31-51(45)57(47)49-33-53-41(23-25-59-53)27-43(49)35-14-5-2-6-15-35/h1-33H. The van der Waals surface area contributed by atoms with Crippen molar-refractivity contribution in [3.63, 3.8) is 0 Å². The molecule has 274 valence electrons. The summed E-state index contributed by atoms with van der Waals surface area (Å²) in [7, 11) is 0. The maximum absolute atomic E-state index is 2.59. The Morgan fingerprint density at radius 2 is 0.746 bits per heavy atom. The van der Waals surface area contributed by atoms with E-state index in [4.69, 9.17) is 0 Å². The summed E-state index contributed by atoms with van der Waals surface area (Å²) in [6.07, 6.45) is 0. The summed E-state index contributed by atoms with van der Waals surface area (Å²) in [6, 6.07) is 70.6. The fraction of sp³-hybridized carbons (Fsp3) is 0. The second-order valence-corrected chi connectivity index (χ2v) is 17.6. The van der Waals surface area contributed by atoms with Crippen molar-refractivity contribution >= 4 is 122 Å². The summed E-state index contributed by atoms with van der Waals surface area (Å²) in [5.41, 5.74) is 16.1. The molecular weight excluding hydrogens is 752 g/mol. The molecule has 0 atom stereocenters. The van der Waals surface area contributed by atoms with Gasteiger partial charge in [0.05, 0.1) is 11.4 Å². The summed E-state index contributed by atoms with van der Waals surface area (Å²) in [5, 5.41) is 12.0. The van der Waals surface area contributed by atoms with Gasteiger partial charge in [0.2, 0.25) is 0 Å². The highest BCUT2D eigenvalue weighted by molar-refractivity contribution is 7.17. The molecule has 0 aliphatic carbocycles. The number of nitrogens with zero attached hydrogens (tertiary/aromatic N) is 2. The van der Waals surface area contributed by atoms with Crippen molar-refractivity contribution in [2.45, 2.75) is 0 Å². The maximum atomic E-state index is 2.59. The SMILES string of the molecule is c1ccc(-c2cc3ccsc3cc2N2c3cc4ccccc4cc3B3c4cc5ccccc5cc4N(c4cc5sccc5cc4-c4ccccc4)c4cccc2c43)cc1. The summed E-state index contributed by atoms with van der Waals surface area (Å²) >= 11 is 3.62. The van der Waals surface area contributed by atoms with Crippen molar-refractivity contribution in [3.8, 4) is 22.3 Å². The predicted octanol–water partition coefficient (Wildman–Crippen LogP) is 13.8. The highest BCUT2D eigenvalue weighted by Crippen LogP contribution is 2.50. The van der Waals surface area contributed by atoms with E-state index in [1.807, 2.05) is 22.7 Å². The molecule has 2 aromatic heterocycles. The zero-order valence-corrected chi connectivity index (χ0v) is 33.5. The van der Waals surface area contributed by atoms with Crippen LogP contribution in [0.15, 0.2) is 199 Å². The minimum Gasteiger partial charge on any atom is -0.311 e. The lowest BCUT2D eigenvalue weighted by Crippen LogP contribution is -2.61. The number of fused-ring (bicyclic) bond motifs is 8. The molecule has 11 aromatic rings. The Labute approximate surface area is 350 Å². The number of benzene rings is 9. The molecule has 2 aliphatic rings. The third-order valence-corrected chi connectivity index (χ3v) is 14.3. The summed E-state index contributed by atoms with van der Waals surface area (Å²) in [4.78, 5) is 5.17. The summed E-state index contributed by atoms with van der Waals surface area (Å²) < 4.78 is 2.56. The van der Waals surface area contributed by atoms with Crippen LogP contribution in [0.2, 0.25) is 0 Å². The second-order valence-electron chi connectivity index (χ2n) is 15.7. The Hall–Kier alpha value is -6.92. The first-order valence-corrected chi connectivity index (χ1v) is 21.9. The molecule has 4 heterocycles. The third-order valence-electron chi connectivity index (χ3n) is 12.5. The second kappa shape index (κ2) is 12.8. The number of rotatable bonds is 4. The van der Waals surface area contributed by atoms with Crippen molar-refractivity contribution in [3.05, 3.63) is 199 Å². The highest BCUT2D eigenvalue weighted by atomic mass is 32.1. The fourth-order valence-electron chi connectivity index (χ4n) is 9.89. The lowest BCUT2D eigenvalue weighted by Gasteiger charge is -2.45. The van der Waals surface area contributed by atoms with Gasteiger partial charge in [0.25, 0.3) is 6.71 Å². The van der Waals surface area contributed by atoms with Crippen molar-refractivity contribution in [2.75, 3.05) is 9.80 Å². The molecule has 0 fully saturated rings. The number of hydrogen-bond acceptors (Lipinski definition) is 4. The average molecular weight is 785 g/mol. The van der Waals surface area contributed by atoms with Gasteiger partial charge in [-0.15, -0.1) is 22.7 Å². The van der Waals surface area contributed by atoms with Gasteiger partial charge >= 0.3 is 0 Å². The molecule has 2 aliphatic heterocycles. The topological polar surface area (TPSA) is 6.48 Å². The van der Waals surface area contributed by atoms with Crippen LogP contribution in [-0.2, 0) is 0 Å². The molecule has 5 heteroatoms. The molecule has 9 aromatic carbocycles. The van der Waals surface area contributed by atoms with Crippen LogP contribution in [0.5, 0.6) is 0 Å². The normalized spacial score (nSPS) is 13.0. The molecule has 0 amide bonds. The average Bonchev–Trinajstić information content (AvgIpc) is 3.97. The van der Waals surface area contributed by atoms with E-state index in [9.17, 15) is 0 Å². The van der Waals surface area contributed by atoms with Gasteiger partial charge in [0.15, 0.2) is 0 Å². The third kappa shape index (κ3) is 4.99. The van der Waals surface area contributed by atoms with Gasteiger partial charge in [-0.25, -0.2) is 0 Å². The van der Waals surface area contributed by atoms with Gasteiger partial charge < -0.3 is 9.80 Å². The molecular formula is C54H33BN2S2. The van der Waals surface area contributed by atoms with E-state index in [2.05, 4.69) is 209 Å². The van der Waals surface area contributed by atoms with Gasteiger partial charge in [-0.2, -0.15) is 0 Å². The number of thiophene rings is 2. The zero-order chi connectivity index (χ0) is 38.6. The Kier molecular flexibility index (Phi) is 7.18. The van der Waals surface area contributed by atoms with Gasteiger partial charge in [0.1, 0.15) is 0 Å². The van der Waals surface area contributed by atoms with Gasteiger partial charge in [-0.05, 0) is 131 Å². The molecule has 13 rings (SSSR count). The lowest BCUT2D eigenvalue weighted by molar-refractivity contribution is 1.26. The molecule has 0 bridgehead atoms. The molecule has 0 unspecified atom stereocenters. The lowest BCUT2D eigenvalue weighted by atomic mass is 9.33. The van der Waals surface area contributed by atoms with Crippen molar-refractivity contribution in [1.82, 2.24) is 0 Å². The van der Waals surface area contributed by atoms with Crippen LogP contribution in [0.4, 0.5) is 34.1 Å². The Morgan fingerprint density at radius 1 is 0.322 bits per heavy atom.